The van der Waals surface area contributed by atoms with E-state index in [1.807, 2.05) is 11.7 Å². The number of benzene rings is 1. The summed E-state index contributed by atoms with van der Waals surface area (Å²) < 4.78 is 5.09. The van der Waals surface area contributed by atoms with Gasteiger partial charge in [-0.05, 0) is 28.5 Å². The third-order valence-corrected chi connectivity index (χ3v) is 4.47. The van der Waals surface area contributed by atoms with Crippen LogP contribution in [0.2, 0.25) is 0 Å². The first kappa shape index (κ1) is 13.4. The third-order valence-electron chi connectivity index (χ3n) is 3.64. The smallest absolute Gasteiger partial charge is 0.109 e. The van der Waals surface area contributed by atoms with Crippen LogP contribution in [0.15, 0.2) is 34.9 Å². The number of nitrogens with two attached hydrogens (primary N) is 1. The monoisotopic (exact) mass is 332 g/mol. The molecule has 0 aliphatic heterocycles. The molecular formula is C15H17BrN4. The van der Waals surface area contributed by atoms with Crippen LogP contribution in [0, 0.1) is 0 Å². The van der Waals surface area contributed by atoms with Gasteiger partial charge in [0.2, 0.25) is 0 Å². The van der Waals surface area contributed by atoms with Gasteiger partial charge in [0.05, 0.1) is 10.2 Å². The lowest BCUT2D eigenvalue weighted by Gasteiger charge is -1.99. The number of hydrogen-bond acceptors (Lipinski definition) is 2. The zero-order chi connectivity index (χ0) is 14.3. The molecule has 2 N–H and O–H groups in total. The predicted molar refractivity (Wildman–Crippen MR) is 85.6 cm³/mol. The Morgan fingerprint density at radius 2 is 2.00 bits per heavy atom. The van der Waals surface area contributed by atoms with E-state index in [2.05, 4.69) is 63.1 Å². The summed E-state index contributed by atoms with van der Waals surface area (Å²) in [6, 6.07) is 8.37. The number of aromatic nitrogens is 3. The van der Waals surface area contributed by atoms with Crippen molar-refractivity contribution in [2.24, 2.45) is 19.8 Å². The molecule has 0 unspecified atom stereocenters. The van der Waals surface area contributed by atoms with E-state index in [4.69, 9.17) is 5.73 Å². The Balaban J connectivity index is 2.24. The minimum Gasteiger partial charge on any atom is -0.350 e. The maximum absolute atomic E-state index is 5.67. The van der Waals surface area contributed by atoms with E-state index in [9.17, 15) is 0 Å². The Hall–Kier alpha value is -1.59. The topological polar surface area (TPSA) is 48.8 Å². The molecule has 1 aromatic carbocycles. The molecule has 0 saturated heterocycles. The molecule has 3 rings (SSSR count). The molecule has 20 heavy (non-hydrogen) atoms. The van der Waals surface area contributed by atoms with Gasteiger partial charge >= 0.3 is 0 Å². The summed E-state index contributed by atoms with van der Waals surface area (Å²) in [6.07, 6.45) is 2.94. The van der Waals surface area contributed by atoms with Crippen molar-refractivity contribution in [1.29, 1.82) is 0 Å². The fourth-order valence-electron chi connectivity index (χ4n) is 2.64. The molecular weight excluding hydrogens is 316 g/mol. The maximum Gasteiger partial charge on any atom is 0.109 e. The van der Waals surface area contributed by atoms with Crippen molar-refractivity contribution in [3.05, 3.63) is 40.6 Å². The first-order valence-electron chi connectivity index (χ1n) is 6.59. The standard InChI is InChI=1S/C15H17BrN4/c1-19-9-11(10-5-3-4-6-12(10)19)15-14(16)13(7-8-17)20(2)18-15/h3-6,9H,7-8,17H2,1-2H3. The summed E-state index contributed by atoms with van der Waals surface area (Å²) >= 11 is 3.69. The summed E-state index contributed by atoms with van der Waals surface area (Å²) in [7, 11) is 4.02. The fourth-order valence-corrected chi connectivity index (χ4v) is 3.39. The predicted octanol–water partition coefficient (Wildman–Crippen LogP) is 2.84. The Morgan fingerprint density at radius 3 is 2.75 bits per heavy atom. The van der Waals surface area contributed by atoms with Crippen LogP contribution in [0.4, 0.5) is 0 Å². The summed E-state index contributed by atoms with van der Waals surface area (Å²) in [4.78, 5) is 0. The van der Waals surface area contributed by atoms with Crippen LogP contribution in [-0.2, 0) is 20.5 Å². The highest BCUT2D eigenvalue weighted by Crippen LogP contribution is 2.35. The summed E-state index contributed by atoms with van der Waals surface area (Å²) in [6.45, 7) is 0.618. The molecule has 0 saturated carbocycles. The van der Waals surface area contributed by atoms with Gasteiger partial charge in [-0.3, -0.25) is 4.68 Å². The lowest BCUT2D eigenvalue weighted by molar-refractivity contribution is 0.707. The second kappa shape index (κ2) is 5.07. The van der Waals surface area contributed by atoms with Crippen molar-refractivity contribution in [2.75, 3.05) is 6.54 Å². The van der Waals surface area contributed by atoms with E-state index in [1.165, 1.54) is 10.9 Å². The van der Waals surface area contributed by atoms with Crippen LogP contribution in [0.1, 0.15) is 5.69 Å². The van der Waals surface area contributed by atoms with Crippen LogP contribution in [0.3, 0.4) is 0 Å². The zero-order valence-electron chi connectivity index (χ0n) is 11.6. The van der Waals surface area contributed by atoms with Crippen LogP contribution < -0.4 is 5.73 Å². The minimum absolute atomic E-state index is 0.618. The molecule has 4 nitrogen and oxygen atoms in total. The molecule has 0 aliphatic carbocycles. The number of rotatable bonds is 3. The van der Waals surface area contributed by atoms with Gasteiger partial charge in [-0.15, -0.1) is 0 Å². The van der Waals surface area contributed by atoms with Crippen molar-refractivity contribution in [3.63, 3.8) is 0 Å². The highest BCUT2D eigenvalue weighted by atomic mass is 79.9. The number of para-hydroxylation sites is 1. The number of nitrogens with zero attached hydrogens (tertiary/aromatic N) is 3. The van der Waals surface area contributed by atoms with Crippen LogP contribution in [0.5, 0.6) is 0 Å². The van der Waals surface area contributed by atoms with Gasteiger partial charge in [0.1, 0.15) is 5.69 Å². The number of fused-ring (bicyclic) bond motifs is 1. The van der Waals surface area contributed by atoms with E-state index >= 15 is 0 Å². The summed E-state index contributed by atoms with van der Waals surface area (Å²) in [5, 5.41) is 5.88. The van der Waals surface area contributed by atoms with Gasteiger partial charge in [0.25, 0.3) is 0 Å². The van der Waals surface area contributed by atoms with Crippen LogP contribution >= 0.6 is 15.9 Å². The Bertz CT molecular complexity index is 770. The average molecular weight is 333 g/mol. The zero-order valence-corrected chi connectivity index (χ0v) is 13.2. The van der Waals surface area contributed by atoms with E-state index in [0.29, 0.717) is 6.54 Å². The average Bonchev–Trinajstić information content (AvgIpc) is 2.92. The highest BCUT2D eigenvalue weighted by Gasteiger charge is 2.18. The lowest BCUT2D eigenvalue weighted by atomic mass is 10.1. The lowest BCUT2D eigenvalue weighted by Crippen LogP contribution is -2.07. The van der Waals surface area contributed by atoms with Gasteiger partial charge in [0, 0.05) is 43.2 Å². The second-order valence-electron chi connectivity index (χ2n) is 4.94. The van der Waals surface area contributed by atoms with E-state index in [1.54, 1.807) is 0 Å². The number of halogens is 1. The molecule has 0 radical (unpaired) electrons. The quantitative estimate of drug-likeness (QED) is 0.801. The van der Waals surface area contributed by atoms with Gasteiger partial charge in [0.15, 0.2) is 0 Å². The van der Waals surface area contributed by atoms with Crippen LogP contribution in [-0.4, -0.2) is 20.9 Å². The van der Waals surface area contributed by atoms with Gasteiger partial charge in [-0.1, -0.05) is 18.2 Å². The maximum atomic E-state index is 5.67. The first-order valence-corrected chi connectivity index (χ1v) is 7.38. The van der Waals surface area contributed by atoms with Crippen molar-refractivity contribution < 1.29 is 0 Å². The number of hydrogen-bond donors (Lipinski definition) is 1. The molecule has 0 amide bonds. The molecule has 0 atom stereocenters. The van der Waals surface area contributed by atoms with Crippen molar-refractivity contribution in [3.8, 4) is 11.3 Å². The molecule has 3 aromatic rings. The molecule has 0 bridgehead atoms. The van der Waals surface area contributed by atoms with Gasteiger partial charge in [-0.2, -0.15) is 5.10 Å². The van der Waals surface area contributed by atoms with E-state index in [-0.39, 0.29) is 0 Å². The molecule has 2 heterocycles. The molecule has 0 aliphatic rings. The second-order valence-corrected chi connectivity index (χ2v) is 5.74. The minimum atomic E-state index is 0.618. The fraction of sp³-hybridized carbons (Fsp3) is 0.267. The van der Waals surface area contributed by atoms with Crippen molar-refractivity contribution in [1.82, 2.24) is 14.3 Å². The Morgan fingerprint density at radius 1 is 1.25 bits per heavy atom. The molecule has 104 valence electrons. The molecule has 2 aromatic heterocycles. The van der Waals surface area contributed by atoms with Gasteiger partial charge in [-0.25, -0.2) is 0 Å². The Kier molecular flexibility index (Phi) is 3.40. The van der Waals surface area contributed by atoms with Crippen molar-refractivity contribution in [2.45, 2.75) is 6.42 Å². The van der Waals surface area contributed by atoms with Crippen LogP contribution in [0.25, 0.3) is 22.2 Å². The molecule has 5 heteroatoms. The Labute approximate surface area is 126 Å². The molecule has 0 fully saturated rings. The third kappa shape index (κ3) is 1.98. The highest BCUT2D eigenvalue weighted by molar-refractivity contribution is 9.10. The summed E-state index contributed by atoms with van der Waals surface area (Å²) in [5.41, 5.74) is 10.1. The van der Waals surface area contributed by atoms with Gasteiger partial charge < -0.3 is 10.3 Å². The first-order chi connectivity index (χ1) is 9.63. The van der Waals surface area contributed by atoms with Crippen molar-refractivity contribution >= 4 is 26.8 Å². The summed E-state index contributed by atoms with van der Waals surface area (Å²) in [5.74, 6) is 0. The van der Waals surface area contributed by atoms with E-state index < -0.39 is 0 Å². The van der Waals surface area contributed by atoms with E-state index in [0.717, 1.165) is 27.8 Å². The normalized spacial score (nSPS) is 11.4. The molecule has 0 spiro atoms. The SMILES string of the molecule is Cn1nc(-c2cn(C)c3ccccc23)c(Br)c1CCN. The number of aryl methyl sites for hydroxylation is 2. The largest absolute Gasteiger partial charge is 0.350 e.